The highest BCUT2D eigenvalue weighted by Crippen LogP contribution is 2.16. The third kappa shape index (κ3) is 1.68. The van der Waals surface area contributed by atoms with Gasteiger partial charge in [-0.05, 0) is 6.07 Å². The zero-order chi connectivity index (χ0) is 8.27. The number of rotatable bonds is 2. The molecule has 0 atom stereocenters. The van der Waals surface area contributed by atoms with Gasteiger partial charge < -0.3 is 4.74 Å². The van der Waals surface area contributed by atoms with Crippen LogP contribution in [0.1, 0.15) is 10.4 Å². The Morgan fingerprint density at radius 2 is 2.45 bits per heavy atom. The molecular weight excluding hydrogens is 166 g/mol. The van der Waals surface area contributed by atoms with Crippen molar-refractivity contribution in [3.63, 3.8) is 0 Å². The van der Waals surface area contributed by atoms with Gasteiger partial charge in [0.05, 0.1) is 18.9 Å². The predicted molar refractivity (Wildman–Crippen MR) is 41.2 cm³/mol. The van der Waals surface area contributed by atoms with Crippen LogP contribution in [0.3, 0.4) is 0 Å². The van der Waals surface area contributed by atoms with Crippen molar-refractivity contribution in [1.29, 1.82) is 0 Å². The molecule has 0 bridgehead atoms. The molecule has 11 heavy (non-hydrogen) atoms. The SMILES string of the molecule is COc1cnc(Cl)c(C=O)c1. The first kappa shape index (κ1) is 8.01. The summed E-state index contributed by atoms with van der Waals surface area (Å²) in [6, 6.07) is 1.53. The number of pyridine rings is 1. The van der Waals surface area contributed by atoms with E-state index >= 15 is 0 Å². The number of aromatic nitrogens is 1. The van der Waals surface area contributed by atoms with Crippen LogP contribution in [0.2, 0.25) is 5.15 Å². The van der Waals surface area contributed by atoms with Crippen molar-refractivity contribution in [2.24, 2.45) is 0 Å². The van der Waals surface area contributed by atoms with Crippen LogP contribution >= 0.6 is 11.6 Å². The fraction of sp³-hybridized carbons (Fsp3) is 0.143. The molecule has 0 saturated heterocycles. The monoisotopic (exact) mass is 171 g/mol. The molecule has 1 aromatic heterocycles. The fourth-order valence-electron chi connectivity index (χ4n) is 0.639. The first-order valence-electron chi connectivity index (χ1n) is 2.92. The molecule has 0 aliphatic carbocycles. The molecule has 1 heterocycles. The van der Waals surface area contributed by atoms with E-state index in [1.54, 1.807) is 0 Å². The summed E-state index contributed by atoms with van der Waals surface area (Å²) >= 11 is 5.56. The predicted octanol–water partition coefficient (Wildman–Crippen LogP) is 1.56. The number of hydrogen-bond donors (Lipinski definition) is 0. The van der Waals surface area contributed by atoms with Gasteiger partial charge in [0, 0.05) is 0 Å². The fourth-order valence-corrected chi connectivity index (χ4v) is 0.787. The van der Waals surface area contributed by atoms with Gasteiger partial charge in [-0.1, -0.05) is 11.6 Å². The Morgan fingerprint density at radius 3 is 3.00 bits per heavy atom. The van der Waals surface area contributed by atoms with Gasteiger partial charge in [0.2, 0.25) is 0 Å². The van der Waals surface area contributed by atoms with Crippen LogP contribution in [0, 0.1) is 0 Å². The number of carbonyl (C=O) groups excluding carboxylic acids is 1. The van der Waals surface area contributed by atoms with Gasteiger partial charge in [0.25, 0.3) is 0 Å². The van der Waals surface area contributed by atoms with Gasteiger partial charge in [-0.3, -0.25) is 4.79 Å². The van der Waals surface area contributed by atoms with Crippen LogP contribution in [0.5, 0.6) is 5.75 Å². The maximum absolute atomic E-state index is 10.3. The highest BCUT2D eigenvalue weighted by molar-refractivity contribution is 6.31. The summed E-state index contributed by atoms with van der Waals surface area (Å²) < 4.78 is 4.83. The molecule has 3 nitrogen and oxygen atoms in total. The summed E-state index contributed by atoms with van der Waals surface area (Å²) in [6.07, 6.45) is 2.09. The largest absolute Gasteiger partial charge is 0.495 e. The van der Waals surface area contributed by atoms with Crippen LogP contribution in [0.15, 0.2) is 12.3 Å². The Bertz CT molecular complexity index is 275. The van der Waals surface area contributed by atoms with Crippen molar-refractivity contribution in [3.8, 4) is 5.75 Å². The maximum Gasteiger partial charge on any atom is 0.153 e. The number of nitrogens with zero attached hydrogens (tertiary/aromatic N) is 1. The second kappa shape index (κ2) is 3.34. The molecule has 4 heteroatoms. The zero-order valence-electron chi connectivity index (χ0n) is 5.87. The number of methoxy groups -OCH3 is 1. The molecule has 0 aromatic carbocycles. The average Bonchev–Trinajstić information content (AvgIpc) is 2.05. The number of carbonyl (C=O) groups is 1. The Kier molecular flexibility index (Phi) is 2.44. The second-order valence-electron chi connectivity index (χ2n) is 1.87. The lowest BCUT2D eigenvalue weighted by Crippen LogP contribution is -1.89. The molecular formula is C7H6ClNO2. The number of hydrogen-bond acceptors (Lipinski definition) is 3. The van der Waals surface area contributed by atoms with E-state index in [1.165, 1.54) is 19.4 Å². The number of ether oxygens (including phenoxy) is 1. The normalized spacial score (nSPS) is 9.27. The van der Waals surface area contributed by atoms with Crippen molar-refractivity contribution in [2.45, 2.75) is 0 Å². The molecule has 0 unspecified atom stereocenters. The van der Waals surface area contributed by atoms with E-state index in [2.05, 4.69) is 4.98 Å². The van der Waals surface area contributed by atoms with Crippen LogP contribution < -0.4 is 4.74 Å². The molecule has 0 fully saturated rings. The van der Waals surface area contributed by atoms with Gasteiger partial charge in [-0.25, -0.2) is 4.98 Å². The van der Waals surface area contributed by atoms with E-state index in [9.17, 15) is 4.79 Å². The maximum atomic E-state index is 10.3. The minimum absolute atomic E-state index is 0.195. The molecule has 0 amide bonds. The highest BCUT2D eigenvalue weighted by atomic mass is 35.5. The molecule has 1 rings (SSSR count). The zero-order valence-corrected chi connectivity index (χ0v) is 6.63. The molecule has 0 radical (unpaired) electrons. The smallest absolute Gasteiger partial charge is 0.153 e. The Hall–Kier alpha value is -1.09. The van der Waals surface area contributed by atoms with E-state index in [0.29, 0.717) is 17.6 Å². The molecule has 0 saturated carbocycles. The Labute approximate surface area is 69.0 Å². The summed E-state index contributed by atoms with van der Waals surface area (Å²) in [5.74, 6) is 0.525. The van der Waals surface area contributed by atoms with Crippen LogP contribution in [0.4, 0.5) is 0 Å². The van der Waals surface area contributed by atoms with Gasteiger partial charge in [-0.15, -0.1) is 0 Å². The van der Waals surface area contributed by atoms with Crippen molar-refractivity contribution in [2.75, 3.05) is 7.11 Å². The quantitative estimate of drug-likeness (QED) is 0.501. The second-order valence-corrected chi connectivity index (χ2v) is 2.23. The molecule has 0 N–H and O–H groups in total. The molecule has 0 aliphatic rings. The lowest BCUT2D eigenvalue weighted by atomic mass is 10.3. The Morgan fingerprint density at radius 1 is 1.73 bits per heavy atom. The van der Waals surface area contributed by atoms with E-state index in [4.69, 9.17) is 16.3 Å². The third-order valence-electron chi connectivity index (χ3n) is 1.20. The standard InChI is InChI=1S/C7H6ClNO2/c1-11-6-2-5(4-10)7(8)9-3-6/h2-4H,1H3. The van der Waals surface area contributed by atoms with E-state index in [0.717, 1.165) is 0 Å². The summed E-state index contributed by atoms with van der Waals surface area (Å²) in [7, 11) is 1.50. The molecule has 58 valence electrons. The van der Waals surface area contributed by atoms with E-state index in [-0.39, 0.29) is 5.15 Å². The lowest BCUT2D eigenvalue weighted by Gasteiger charge is -1.99. The van der Waals surface area contributed by atoms with Crippen LogP contribution in [-0.2, 0) is 0 Å². The molecule has 1 aromatic rings. The molecule has 0 aliphatic heterocycles. The van der Waals surface area contributed by atoms with Crippen LogP contribution in [0.25, 0.3) is 0 Å². The topological polar surface area (TPSA) is 39.2 Å². The van der Waals surface area contributed by atoms with E-state index in [1.807, 2.05) is 0 Å². The summed E-state index contributed by atoms with van der Waals surface area (Å²) in [5, 5.41) is 0.195. The van der Waals surface area contributed by atoms with Crippen molar-refractivity contribution < 1.29 is 9.53 Å². The summed E-state index contributed by atoms with van der Waals surface area (Å²) in [5.41, 5.74) is 0.339. The Balaban J connectivity index is 3.12. The van der Waals surface area contributed by atoms with Crippen molar-refractivity contribution in [3.05, 3.63) is 23.0 Å². The molecule has 0 spiro atoms. The number of halogens is 1. The van der Waals surface area contributed by atoms with Crippen LogP contribution in [-0.4, -0.2) is 18.4 Å². The summed E-state index contributed by atoms with van der Waals surface area (Å²) in [6.45, 7) is 0. The first-order valence-corrected chi connectivity index (χ1v) is 3.30. The average molecular weight is 172 g/mol. The lowest BCUT2D eigenvalue weighted by molar-refractivity contribution is 0.112. The van der Waals surface area contributed by atoms with Gasteiger partial charge >= 0.3 is 0 Å². The number of aldehydes is 1. The van der Waals surface area contributed by atoms with E-state index < -0.39 is 0 Å². The first-order chi connectivity index (χ1) is 5.27. The minimum atomic E-state index is 0.195. The van der Waals surface area contributed by atoms with Gasteiger partial charge in [0.15, 0.2) is 6.29 Å². The third-order valence-corrected chi connectivity index (χ3v) is 1.52. The van der Waals surface area contributed by atoms with Crippen molar-refractivity contribution >= 4 is 17.9 Å². The minimum Gasteiger partial charge on any atom is -0.495 e. The summed E-state index contributed by atoms with van der Waals surface area (Å²) in [4.78, 5) is 14.0. The van der Waals surface area contributed by atoms with Gasteiger partial charge in [-0.2, -0.15) is 0 Å². The van der Waals surface area contributed by atoms with Gasteiger partial charge in [0.1, 0.15) is 10.9 Å². The van der Waals surface area contributed by atoms with Crippen molar-refractivity contribution in [1.82, 2.24) is 4.98 Å². The highest BCUT2D eigenvalue weighted by Gasteiger charge is 2.01.